The lowest BCUT2D eigenvalue weighted by Crippen LogP contribution is -2.30. The van der Waals surface area contributed by atoms with Gasteiger partial charge in [0, 0.05) is 10.7 Å². The van der Waals surface area contributed by atoms with Crippen LogP contribution < -0.4 is 10.1 Å². The average Bonchev–Trinajstić information content (AvgIpc) is 2.38. The fourth-order valence-electron chi connectivity index (χ4n) is 1.61. The minimum Gasteiger partial charge on any atom is -0.481 e. The highest BCUT2D eigenvalue weighted by atomic mass is 35.5. The third-order valence-corrected chi connectivity index (χ3v) is 2.81. The van der Waals surface area contributed by atoms with Gasteiger partial charge in [-0.15, -0.1) is 0 Å². The van der Waals surface area contributed by atoms with E-state index in [4.69, 9.17) is 16.3 Å². The van der Waals surface area contributed by atoms with E-state index in [0.717, 1.165) is 0 Å². The summed E-state index contributed by atoms with van der Waals surface area (Å²) >= 11 is 5.83. The second kappa shape index (κ2) is 6.39. The summed E-state index contributed by atoms with van der Waals surface area (Å²) in [5, 5.41) is 3.11. The smallest absolute Gasteiger partial charge is 0.265 e. The molecule has 0 aliphatic heterocycles. The summed E-state index contributed by atoms with van der Waals surface area (Å²) in [5.74, 6) is -0.277. The Kier molecular flexibility index (Phi) is 4.58. The lowest BCUT2D eigenvalue weighted by Gasteiger charge is -2.14. The Bertz CT molecular complexity index is 618. The Hall–Kier alpha value is -2.07. The second-order valence-electron chi connectivity index (χ2n) is 4.22. The van der Waals surface area contributed by atoms with Gasteiger partial charge in [0.25, 0.3) is 5.91 Å². The third-order valence-electron chi connectivity index (χ3n) is 2.57. The molecule has 0 fully saturated rings. The Morgan fingerprint density at radius 3 is 2.70 bits per heavy atom. The summed E-state index contributed by atoms with van der Waals surface area (Å²) in [4.78, 5) is 11.9. The SMILES string of the molecule is CC(Oc1cccc(Cl)c1)C(=O)Nc1cccc(F)c1. The maximum atomic E-state index is 13.0. The molecule has 1 atom stereocenters. The van der Waals surface area contributed by atoms with Crippen LogP contribution in [-0.4, -0.2) is 12.0 Å². The molecule has 0 saturated carbocycles. The van der Waals surface area contributed by atoms with E-state index in [1.165, 1.54) is 18.2 Å². The zero-order valence-electron chi connectivity index (χ0n) is 10.8. The topological polar surface area (TPSA) is 38.3 Å². The average molecular weight is 294 g/mol. The zero-order valence-corrected chi connectivity index (χ0v) is 11.5. The molecule has 104 valence electrons. The van der Waals surface area contributed by atoms with E-state index in [-0.39, 0.29) is 5.91 Å². The number of carbonyl (C=O) groups excluding carboxylic acids is 1. The number of rotatable bonds is 4. The van der Waals surface area contributed by atoms with E-state index in [1.807, 2.05) is 0 Å². The van der Waals surface area contributed by atoms with Gasteiger partial charge in [0.2, 0.25) is 0 Å². The molecule has 0 spiro atoms. The zero-order chi connectivity index (χ0) is 14.5. The number of hydrogen-bond donors (Lipinski definition) is 1. The molecule has 2 aromatic carbocycles. The first-order chi connectivity index (χ1) is 9.54. The van der Waals surface area contributed by atoms with Crippen LogP contribution in [0.15, 0.2) is 48.5 Å². The highest BCUT2D eigenvalue weighted by Crippen LogP contribution is 2.19. The number of ether oxygens (including phenoxy) is 1. The third kappa shape index (κ3) is 3.96. The standard InChI is InChI=1S/C15H13ClFNO2/c1-10(20-14-7-2-4-11(16)8-14)15(19)18-13-6-3-5-12(17)9-13/h2-10H,1H3,(H,18,19). The van der Waals surface area contributed by atoms with E-state index in [1.54, 1.807) is 37.3 Å². The van der Waals surface area contributed by atoms with Crippen molar-refractivity contribution < 1.29 is 13.9 Å². The van der Waals surface area contributed by atoms with Gasteiger partial charge in [-0.2, -0.15) is 0 Å². The van der Waals surface area contributed by atoms with Crippen molar-refractivity contribution in [1.82, 2.24) is 0 Å². The Labute approximate surface area is 121 Å². The summed E-state index contributed by atoms with van der Waals surface area (Å²) in [6, 6.07) is 12.4. The van der Waals surface area contributed by atoms with Crippen molar-refractivity contribution in [3.63, 3.8) is 0 Å². The van der Waals surface area contributed by atoms with Crippen LogP contribution in [0.3, 0.4) is 0 Å². The number of amides is 1. The maximum absolute atomic E-state index is 13.0. The summed E-state index contributed by atoms with van der Waals surface area (Å²) < 4.78 is 18.5. The fourth-order valence-corrected chi connectivity index (χ4v) is 1.79. The Morgan fingerprint density at radius 1 is 1.25 bits per heavy atom. The minimum absolute atomic E-state index is 0.365. The minimum atomic E-state index is -0.725. The van der Waals surface area contributed by atoms with E-state index in [9.17, 15) is 9.18 Å². The molecule has 1 unspecified atom stereocenters. The molecular weight excluding hydrogens is 281 g/mol. The van der Waals surface area contributed by atoms with Crippen LogP contribution in [0.4, 0.5) is 10.1 Å². The summed E-state index contributed by atoms with van der Waals surface area (Å²) in [5.41, 5.74) is 0.386. The van der Waals surface area contributed by atoms with Crippen LogP contribution >= 0.6 is 11.6 Å². The molecule has 0 aliphatic carbocycles. The molecule has 3 nitrogen and oxygen atoms in total. The summed E-state index contributed by atoms with van der Waals surface area (Å²) in [6.45, 7) is 1.61. The molecule has 2 rings (SSSR count). The van der Waals surface area contributed by atoms with Crippen molar-refractivity contribution in [2.45, 2.75) is 13.0 Å². The largest absolute Gasteiger partial charge is 0.481 e. The van der Waals surface area contributed by atoms with E-state index >= 15 is 0 Å². The monoisotopic (exact) mass is 293 g/mol. The van der Waals surface area contributed by atoms with Crippen LogP contribution in [0.1, 0.15) is 6.92 Å². The van der Waals surface area contributed by atoms with Gasteiger partial charge in [-0.3, -0.25) is 4.79 Å². The first kappa shape index (κ1) is 14.3. The number of anilines is 1. The van der Waals surface area contributed by atoms with Crippen LogP contribution in [0.2, 0.25) is 5.02 Å². The van der Waals surface area contributed by atoms with Crippen molar-refractivity contribution >= 4 is 23.2 Å². The van der Waals surface area contributed by atoms with Crippen molar-refractivity contribution in [1.29, 1.82) is 0 Å². The van der Waals surface area contributed by atoms with Crippen molar-refractivity contribution in [2.75, 3.05) is 5.32 Å². The van der Waals surface area contributed by atoms with Crippen LogP contribution in [-0.2, 0) is 4.79 Å². The van der Waals surface area contributed by atoms with Gasteiger partial charge >= 0.3 is 0 Å². The first-order valence-corrected chi connectivity index (χ1v) is 6.41. The molecule has 20 heavy (non-hydrogen) atoms. The second-order valence-corrected chi connectivity index (χ2v) is 4.65. The summed E-state index contributed by atoms with van der Waals surface area (Å²) in [7, 11) is 0. The predicted molar refractivity (Wildman–Crippen MR) is 76.6 cm³/mol. The first-order valence-electron chi connectivity index (χ1n) is 6.03. The predicted octanol–water partition coefficient (Wildman–Crippen LogP) is 3.89. The lowest BCUT2D eigenvalue weighted by atomic mass is 10.3. The Morgan fingerprint density at radius 2 is 2.00 bits per heavy atom. The number of benzene rings is 2. The van der Waals surface area contributed by atoms with Gasteiger partial charge in [-0.1, -0.05) is 23.7 Å². The molecule has 5 heteroatoms. The maximum Gasteiger partial charge on any atom is 0.265 e. The van der Waals surface area contributed by atoms with E-state index in [0.29, 0.717) is 16.5 Å². The van der Waals surface area contributed by atoms with E-state index < -0.39 is 11.9 Å². The number of hydrogen-bond acceptors (Lipinski definition) is 2. The quantitative estimate of drug-likeness (QED) is 0.929. The highest BCUT2D eigenvalue weighted by Gasteiger charge is 2.15. The van der Waals surface area contributed by atoms with Gasteiger partial charge < -0.3 is 10.1 Å². The van der Waals surface area contributed by atoms with Crippen molar-refractivity contribution in [3.8, 4) is 5.75 Å². The van der Waals surface area contributed by atoms with Gasteiger partial charge in [0.15, 0.2) is 6.10 Å². The van der Waals surface area contributed by atoms with E-state index in [2.05, 4.69) is 5.32 Å². The Balaban J connectivity index is 1.98. The lowest BCUT2D eigenvalue weighted by molar-refractivity contribution is -0.122. The number of carbonyl (C=O) groups is 1. The fraction of sp³-hybridized carbons (Fsp3) is 0.133. The van der Waals surface area contributed by atoms with Gasteiger partial charge in [0.1, 0.15) is 11.6 Å². The van der Waals surface area contributed by atoms with Gasteiger partial charge in [0.05, 0.1) is 0 Å². The number of nitrogens with one attached hydrogen (secondary N) is 1. The molecule has 1 N–H and O–H groups in total. The molecule has 0 aromatic heterocycles. The number of halogens is 2. The molecule has 0 heterocycles. The molecule has 1 amide bonds. The van der Waals surface area contributed by atoms with Crippen LogP contribution in [0, 0.1) is 5.82 Å². The molecule has 0 bridgehead atoms. The van der Waals surface area contributed by atoms with Crippen LogP contribution in [0.5, 0.6) is 5.75 Å². The van der Waals surface area contributed by atoms with Gasteiger partial charge in [-0.05, 0) is 43.3 Å². The molecule has 2 aromatic rings. The molecule has 0 saturated heterocycles. The highest BCUT2D eigenvalue weighted by molar-refractivity contribution is 6.30. The molecule has 0 radical (unpaired) electrons. The summed E-state index contributed by atoms with van der Waals surface area (Å²) in [6.07, 6.45) is -0.725. The normalized spacial score (nSPS) is 11.8. The van der Waals surface area contributed by atoms with Gasteiger partial charge in [-0.25, -0.2) is 4.39 Å². The van der Waals surface area contributed by atoms with Crippen molar-refractivity contribution in [3.05, 3.63) is 59.4 Å². The van der Waals surface area contributed by atoms with Crippen molar-refractivity contribution in [2.24, 2.45) is 0 Å². The van der Waals surface area contributed by atoms with Crippen LogP contribution in [0.25, 0.3) is 0 Å². The molecule has 0 aliphatic rings. The molecular formula is C15H13ClFNO2.